The quantitative estimate of drug-likeness (QED) is 0.456. The smallest absolute Gasteiger partial charge is 0.00926 e. The molecule has 1 unspecified atom stereocenters. The summed E-state index contributed by atoms with van der Waals surface area (Å²) in [6.07, 6.45) is 11.0. The van der Waals surface area contributed by atoms with Crippen LogP contribution in [0.25, 0.3) is 0 Å². The van der Waals surface area contributed by atoms with Crippen LogP contribution in [0.2, 0.25) is 0 Å². The van der Waals surface area contributed by atoms with Gasteiger partial charge in [0, 0.05) is 6.04 Å². The molecule has 0 aliphatic rings. The van der Waals surface area contributed by atoms with Gasteiger partial charge in [0.2, 0.25) is 0 Å². The molecule has 98 valence electrons. The van der Waals surface area contributed by atoms with Crippen molar-refractivity contribution < 1.29 is 0 Å². The molecule has 0 bridgehead atoms. The minimum atomic E-state index is 0.844. The minimum Gasteiger partial charge on any atom is -0.300 e. The molecule has 0 radical (unpaired) electrons. The number of hydrogen-bond donors (Lipinski definition) is 0. The zero-order chi connectivity index (χ0) is 12.2. The second-order valence-corrected chi connectivity index (χ2v) is 4.95. The van der Waals surface area contributed by atoms with Crippen molar-refractivity contribution in [3.8, 4) is 0 Å². The summed E-state index contributed by atoms with van der Waals surface area (Å²) >= 11 is 0. The fraction of sp³-hybridized carbons (Fsp3) is 1.00. The summed E-state index contributed by atoms with van der Waals surface area (Å²) in [6.45, 7) is 11.8. The summed E-state index contributed by atoms with van der Waals surface area (Å²) < 4.78 is 0. The van der Waals surface area contributed by atoms with Crippen LogP contribution in [0.1, 0.15) is 79.1 Å². The number of nitrogens with zero attached hydrogens (tertiary/aromatic N) is 1. The van der Waals surface area contributed by atoms with E-state index < -0.39 is 0 Å². The second kappa shape index (κ2) is 11.4. The lowest BCUT2D eigenvalue weighted by Crippen LogP contribution is -2.36. The maximum Gasteiger partial charge on any atom is 0.00926 e. The molecule has 0 heterocycles. The highest BCUT2D eigenvalue weighted by atomic mass is 15.1. The first kappa shape index (κ1) is 16.0. The van der Waals surface area contributed by atoms with Gasteiger partial charge < -0.3 is 4.90 Å². The Kier molecular flexibility index (Phi) is 11.4. The zero-order valence-corrected chi connectivity index (χ0v) is 12.1. The molecular formula is C15H33N. The molecule has 0 aromatic heterocycles. The first-order valence-electron chi connectivity index (χ1n) is 7.54. The zero-order valence-electron chi connectivity index (χ0n) is 12.1. The molecule has 0 aliphatic heterocycles. The second-order valence-electron chi connectivity index (χ2n) is 4.95. The van der Waals surface area contributed by atoms with Crippen molar-refractivity contribution in [2.45, 2.75) is 85.1 Å². The summed E-state index contributed by atoms with van der Waals surface area (Å²) in [6, 6.07) is 0.844. The number of rotatable bonds is 11. The van der Waals surface area contributed by atoms with Gasteiger partial charge in [0.05, 0.1) is 0 Å². The van der Waals surface area contributed by atoms with E-state index in [1.807, 2.05) is 0 Å². The van der Waals surface area contributed by atoms with Crippen molar-refractivity contribution in [3.05, 3.63) is 0 Å². The van der Waals surface area contributed by atoms with Crippen LogP contribution >= 0.6 is 0 Å². The fourth-order valence-electron chi connectivity index (χ4n) is 2.50. The molecule has 0 aromatic rings. The average molecular weight is 227 g/mol. The maximum absolute atomic E-state index is 2.71. The minimum absolute atomic E-state index is 0.844. The Hall–Kier alpha value is -0.0400. The molecule has 0 N–H and O–H groups in total. The Labute approximate surface area is 104 Å². The largest absolute Gasteiger partial charge is 0.300 e. The first-order valence-corrected chi connectivity index (χ1v) is 7.54. The Morgan fingerprint density at radius 2 is 1.38 bits per heavy atom. The van der Waals surface area contributed by atoms with Crippen molar-refractivity contribution in [2.75, 3.05) is 13.1 Å². The predicted octanol–water partition coefficient (Wildman–Crippen LogP) is 4.86. The molecule has 1 atom stereocenters. The van der Waals surface area contributed by atoms with E-state index in [0.29, 0.717) is 0 Å². The Bertz CT molecular complexity index is 127. The van der Waals surface area contributed by atoms with Crippen molar-refractivity contribution in [1.29, 1.82) is 0 Å². The third-order valence-corrected chi connectivity index (χ3v) is 3.40. The van der Waals surface area contributed by atoms with Crippen LogP contribution in [0, 0.1) is 0 Å². The lowest BCUT2D eigenvalue weighted by molar-refractivity contribution is 0.178. The lowest BCUT2D eigenvalue weighted by Gasteiger charge is -2.30. The van der Waals surface area contributed by atoms with Crippen LogP contribution in [0.4, 0.5) is 0 Å². The SMILES string of the molecule is CCCCCCC(CC)N(CCC)CCC. The molecular weight excluding hydrogens is 194 g/mol. The third-order valence-electron chi connectivity index (χ3n) is 3.40. The van der Waals surface area contributed by atoms with E-state index in [9.17, 15) is 0 Å². The van der Waals surface area contributed by atoms with Gasteiger partial charge in [-0.2, -0.15) is 0 Å². The maximum atomic E-state index is 2.71. The monoisotopic (exact) mass is 227 g/mol. The van der Waals surface area contributed by atoms with Gasteiger partial charge >= 0.3 is 0 Å². The fourth-order valence-corrected chi connectivity index (χ4v) is 2.50. The molecule has 0 aromatic carbocycles. The lowest BCUT2D eigenvalue weighted by atomic mass is 10.0. The first-order chi connectivity index (χ1) is 7.79. The molecule has 0 spiro atoms. The van der Waals surface area contributed by atoms with Crippen LogP contribution < -0.4 is 0 Å². The van der Waals surface area contributed by atoms with Crippen LogP contribution in [-0.2, 0) is 0 Å². The van der Waals surface area contributed by atoms with Gasteiger partial charge in [-0.25, -0.2) is 0 Å². The summed E-state index contributed by atoms with van der Waals surface area (Å²) in [7, 11) is 0. The Morgan fingerprint density at radius 3 is 1.81 bits per heavy atom. The molecule has 0 amide bonds. The highest BCUT2D eigenvalue weighted by Gasteiger charge is 2.14. The highest BCUT2D eigenvalue weighted by Crippen LogP contribution is 2.15. The summed E-state index contributed by atoms with van der Waals surface area (Å²) in [5, 5.41) is 0. The summed E-state index contributed by atoms with van der Waals surface area (Å²) in [5.74, 6) is 0. The topological polar surface area (TPSA) is 3.24 Å². The molecule has 1 heteroatoms. The van der Waals surface area contributed by atoms with E-state index in [-0.39, 0.29) is 0 Å². The van der Waals surface area contributed by atoms with Crippen LogP contribution in [-0.4, -0.2) is 24.0 Å². The van der Waals surface area contributed by atoms with Gasteiger partial charge in [-0.3, -0.25) is 0 Å². The molecule has 1 nitrogen and oxygen atoms in total. The van der Waals surface area contributed by atoms with Crippen molar-refractivity contribution in [2.24, 2.45) is 0 Å². The standard InChI is InChI=1S/C15H33N/c1-5-9-10-11-12-15(8-4)16(13-6-2)14-7-3/h15H,5-14H2,1-4H3. The molecule has 0 saturated heterocycles. The predicted molar refractivity (Wildman–Crippen MR) is 75.0 cm³/mol. The Morgan fingerprint density at radius 1 is 0.750 bits per heavy atom. The van der Waals surface area contributed by atoms with E-state index >= 15 is 0 Å². The molecule has 0 saturated carbocycles. The van der Waals surface area contributed by atoms with Gasteiger partial charge in [-0.15, -0.1) is 0 Å². The molecule has 16 heavy (non-hydrogen) atoms. The average Bonchev–Trinajstić information content (AvgIpc) is 2.29. The molecule has 0 fully saturated rings. The third kappa shape index (κ3) is 7.27. The molecule has 0 rings (SSSR count). The highest BCUT2D eigenvalue weighted by molar-refractivity contribution is 4.70. The number of unbranched alkanes of at least 4 members (excludes halogenated alkanes) is 3. The van der Waals surface area contributed by atoms with Crippen LogP contribution in [0.3, 0.4) is 0 Å². The van der Waals surface area contributed by atoms with Gasteiger partial charge in [-0.1, -0.05) is 53.4 Å². The number of hydrogen-bond acceptors (Lipinski definition) is 1. The van der Waals surface area contributed by atoms with Gasteiger partial charge in [-0.05, 0) is 38.8 Å². The Balaban J connectivity index is 3.89. The van der Waals surface area contributed by atoms with Crippen LogP contribution in [0.15, 0.2) is 0 Å². The molecule has 0 aliphatic carbocycles. The van der Waals surface area contributed by atoms with Crippen molar-refractivity contribution in [3.63, 3.8) is 0 Å². The van der Waals surface area contributed by atoms with E-state index in [2.05, 4.69) is 32.6 Å². The summed E-state index contributed by atoms with van der Waals surface area (Å²) in [5.41, 5.74) is 0. The van der Waals surface area contributed by atoms with E-state index in [1.165, 1.54) is 64.5 Å². The van der Waals surface area contributed by atoms with E-state index in [1.54, 1.807) is 0 Å². The normalized spacial score (nSPS) is 13.3. The van der Waals surface area contributed by atoms with Gasteiger partial charge in [0.15, 0.2) is 0 Å². The van der Waals surface area contributed by atoms with Gasteiger partial charge in [0.1, 0.15) is 0 Å². The van der Waals surface area contributed by atoms with Crippen molar-refractivity contribution >= 4 is 0 Å². The van der Waals surface area contributed by atoms with E-state index in [4.69, 9.17) is 0 Å². The van der Waals surface area contributed by atoms with E-state index in [0.717, 1.165) is 6.04 Å². The summed E-state index contributed by atoms with van der Waals surface area (Å²) in [4.78, 5) is 2.71. The van der Waals surface area contributed by atoms with Crippen LogP contribution in [0.5, 0.6) is 0 Å². The van der Waals surface area contributed by atoms with Gasteiger partial charge in [0.25, 0.3) is 0 Å². The van der Waals surface area contributed by atoms with Crippen molar-refractivity contribution in [1.82, 2.24) is 4.90 Å².